The number of nitrogens with two attached hydrogens (primary N) is 1. The molecule has 2 aromatic heterocycles. The van der Waals surface area contributed by atoms with Crippen LogP contribution in [0.25, 0.3) is 0 Å². The Labute approximate surface area is 181 Å². The van der Waals surface area contributed by atoms with Gasteiger partial charge in [-0.15, -0.1) is 21.5 Å². The van der Waals surface area contributed by atoms with Crippen LogP contribution in [0.5, 0.6) is 0 Å². The minimum absolute atomic E-state index is 0.179. The van der Waals surface area contributed by atoms with Gasteiger partial charge in [0.2, 0.25) is 11.0 Å². The highest BCUT2D eigenvalue weighted by atomic mass is 32.2. The predicted octanol–water partition coefficient (Wildman–Crippen LogP) is 2.90. The summed E-state index contributed by atoms with van der Waals surface area (Å²) >= 11 is 4.23. The fourth-order valence-electron chi connectivity index (χ4n) is 3.51. The van der Waals surface area contributed by atoms with E-state index >= 15 is 0 Å². The summed E-state index contributed by atoms with van der Waals surface area (Å²) < 4.78 is 6.30. The maximum absolute atomic E-state index is 12.7. The number of hydrogen-bond donors (Lipinski definition) is 3. The van der Waals surface area contributed by atoms with E-state index in [9.17, 15) is 9.59 Å². The van der Waals surface area contributed by atoms with Gasteiger partial charge in [0.1, 0.15) is 5.00 Å². The molecule has 3 heterocycles. The van der Waals surface area contributed by atoms with E-state index in [4.69, 9.17) is 10.5 Å². The minimum atomic E-state index is -0.480. The Morgan fingerprint density at radius 2 is 2.17 bits per heavy atom. The lowest BCUT2D eigenvalue weighted by Gasteiger charge is -2.10. The van der Waals surface area contributed by atoms with Crippen LogP contribution in [0, 0.1) is 0 Å². The number of hydrogen-bond acceptors (Lipinski definition) is 9. The van der Waals surface area contributed by atoms with Gasteiger partial charge in [0, 0.05) is 18.0 Å². The monoisotopic (exact) mass is 453 g/mol. The first-order valence-corrected chi connectivity index (χ1v) is 12.1. The van der Waals surface area contributed by atoms with Crippen molar-refractivity contribution >= 4 is 56.4 Å². The molecule has 11 heteroatoms. The molecule has 0 bridgehead atoms. The van der Waals surface area contributed by atoms with Crippen LogP contribution >= 0.6 is 34.4 Å². The number of rotatable bonds is 8. The first-order chi connectivity index (χ1) is 14.0. The number of amides is 2. The third-order valence-corrected chi connectivity index (χ3v) is 8.24. The normalized spacial score (nSPS) is 19.1. The molecular formula is C18H23N5O3S3. The van der Waals surface area contributed by atoms with Crippen LogP contribution in [0.1, 0.15) is 47.0 Å². The van der Waals surface area contributed by atoms with Crippen LogP contribution in [-0.4, -0.2) is 46.5 Å². The molecule has 0 spiro atoms. The van der Waals surface area contributed by atoms with E-state index < -0.39 is 5.91 Å². The van der Waals surface area contributed by atoms with Crippen molar-refractivity contribution in [3.05, 3.63) is 16.0 Å². The summed E-state index contributed by atoms with van der Waals surface area (Å²) in [5.41, 5.74) is 7.04. The fraction of sp³-hybridized carbons (Fsp3) is 0.556. The van der Waals surface area contributed by atoms with Gasteiger partial charge in [-0.05, 0) is 44.6 Å². The molecule has 0 unspecified atom stereocenters. The van der Waals surface area contributed by atoms with E-state index in [-0.39, 0.29) is 17.3 Å². The summed E-state index contributed by atoms with van der Waals surface area (Å²) in [4.78, 5) is 25.7. The lowest BCUT2D eigenvalue weighted by atomic mass is 10.1. The average Bonchev–Trinajstić information content (AvgIpc) is 3.44. The summed E-state index contributed by atoms with van der Waals surface area (Å²) in [5.74, 6) is -0.660. The van der Waals surface area contributed by atoms with Crippen molar-refractivity contribution < 1.29 is 14.3 Å². The molecule has 1 aliphatic heterocycles. The zero-order valence-electron chi connectivity index (χ0n) is 16.0. The Morgan fingerprint density at radius 1 is 1.31 bits per heavy atom. The summed E-state index contributed by atoms with van der Waals surface area (Å²) in [6.45, 7) is 3.35. The number of ether oxygens (including phenoxy) is 1. The average molecular weight is 454 g/mol. The van der Waals surface area contributed by atoms with E-state index in [0.29, 0.717) is 21.4 Å². The quantitative estimate of drug-likeness (QED) is 0.526. The summed E-state index contributed by atoms with van der Waals surface area (Å²) in [5, 5.41) is 15.3. The largest absolute Gasteiger partial charge is 0.376 e. The smallest absolute Gasteiger partial charge is 0.251 e. The Balaban J connectivity index is 1.34. The van der Waals surface area contributed by atoms with Crippen molar-refractivity contribution in [3.8, 4) is 0 Å². The second-order valence-corrected chi connectivity index (χ2v) is 10.7. The Hall–Kier alpha value is -1.69. The number of nitrogens with one attached hydrogen (secondary N) is 2. The third kappa shape index (κ3) is 4.73. The highest BCUT2D eigenvalue weighted by Gasteiger charge is 2.27. The molecule has 2 atom stereocenters. The molecule has 4 rings (SSSR count). The number of thiophene rings is 1. The minimum Gasteiger partial charge on any atom is -0.376 e. The van der Waals surface area contributed by atoms with E-state index in [1.165, 1.54) is 34.4 Å². The van der Waals surface area contributed by atoms with Crippen LogP contribution in [0.3, 0.4) is 0 Å². The predicted molar refractivity (Wildman–Crippen MR) is 116 cm³/mol. The maximum Gasteiger partial charge on any atom is 0.251 e. The van der Waals surface area contributed by atoms with Crippen LogP contribution in [0.4, 0.5) is 10.1 Å². The summed E-state index contributed by atoms with van der Waals surface area (Å²) in [6.07, 6.45) is 5.20. The number of thioether (sulfide) groups is 1. The first kappa shape index (κ1) is 20.6. The summed E-state index contributed by atoms with van der Waals surface area (Å²) in [7, 11) is 0. The molecule has 4 N–H and O–H groups in total. The van der Waals surface area contributed by atoms with Crippen molar-refractivity contribution in [2.75, 3.05) is 23.8 Å². The molecule has 1 fully saturated rings. The molecule has 0 saturated carbocycles. The highest BCUT2D eigenvalue weighted by Crippen LogP contribution is 2.39. The van der Waals surface area contributed by atoms with Gasteiger partial charge in [-0.25, -0.2) is 0 Å². The van der Waals surface area contributed by atoms with Gasteiger partial charge >= 0.3 is 0 Å². The standard InChI is InChI=1S/C18H23N5O3S3/c1-9(27-18-23-22-17(29-18)20-8-10-4-3-7-26-10)15(25)21-16-13(14(19)24)11-5-2-6-12(11)28-16/h9-10H,2-8H2,1H3,(H2,19,24)(H,20,22)(H,21,25)/t9-,10+/m0/s1. The van der Waals surface area contributed by atoms with Gasteiger partial charge in [0.05, 0.1) is 16.9 Å². The second kappa shape index (κ2) is 8.99. The number of carbonyl (C=O) groups is 2. The molecule has 0 aromatic carbocycles. The number of anilines is 2. The second-order valence-electron chi connectivity index (χ2n) is 7.06. The van der Waals surface area contributed by atoms with Gasteiger partial charge in [0.15, 0.2) is 4.34 Å². The third-order valence-electron chi connectivity index (χ3n) is 4.96. The molecule has 0 radical (unpaired) electrons. The highest BCUT2D eigenvalue weighted by molar-refractivity contribution is 8.02. The van der Waals surface area contributed by atoms with Crippen LogP contribution in [0.15, 0.2) is 4.34 Å². The molecule has 2 aromatic rings. The number of carbonyl (C=O) groups excluding carboxylic acids is 2. The zero-order chi connectivity index (χ0) is 20.4. The van der Waals surface area contributed by atoms with Crippen molar-refractivity contribution in [1.82, 2.24) is 10.2 Å². The van der Waals surface area contributed by atoms with Crippen LogP contribution < -0.4 is 16.4 Å². The molecule has 2 amide bonds. The van der Waals surface area contributed by atoms with E-state index in [0.717, 1.165) is 54.3 Å². The number of nitrogens with zero attached hydrogens (tertiary/aromatic N) is 2. The van der Waals surface area contributed by atoms with Crippen molar-refractivity contribution in [3.63, 3.8) is 0 Å². The lowest BCUT2D eigenvalue weighted by molar-refractivity contribution is -0.115. The van der Waals surface area contributed by atoms with Gasteiger partial charge in [-0.3, -0.25) is 9.59 Å². The maximum atomic E-state index is 12.7. The van der Waals surface area contributed by atoms with E-state index in [1.54, 1.807) is 0 Å². The molecule has 1 saturated heterocycles. The Kier molecular flexibility index (Phi) is 6.38. The van der Waals surface area contributed by atoms with Gasteiger partial charge < -0.3 is 21.1 Å². The van der Waals surface area contributed by atoms with Gasteiger partial charge in [0.25, 0.3) is 5.91 Å². The summed E-state index contributed by atoms with van der Waals surface area (Å²) in [6, 6.07) is 0. The molecule has 29 heavy (non-hydrogen) atoms. The Morgan fingerprint density at radius 3 is 2.93 bits per heavy atom. The molecular weight excluding hydrogens is 430 g/mol. The lowest BCUT2D eigenvalue weighted by Crippen LogP contribution is -2.24. The van der Waals surface area contributed by atoms with Crippen molar-refractivity contribution in [2.45, 2.75) is 54.7 Å². The zero-order valence-corrected chi connectivity index (χ0v) is 18.5. The number of fused-ring (bicyclic) bond motifs is 1. The van der Waals surface area contributed by atoms with E-state index in [2.05, 4.69) is 20.8 Å². The topological polar surface area (TPSA) is 119 Å². The molecule has 8 nitrogen and oxygen atoms in total. The fourth-order valence-corrected chi connectivity index (χ4v) is 6.71. The number of primary amides is 1. The number of aryl methyl sites for hydroxylation is 1. The SMILES string of the molecule is C[C@H](Sc1nnc(NC[C@H]2CCCO2)s1)C(=O)Nc1sc2c(c1C(N)=O)CCC2. The van der Waals surface area contributed by atoms with E-state index in [1.807, 2.05) is 6.92 Å². The first-order valence-electron chi connectivity index (χ1n) is 9.62. The molecule has 2 aliphatic rings. The van der Waals surface area contributed by atoms with Crippen molar-refractivity contribution in [1.29, 1.82) is 0 Å². The van der Waals surface area contributed by atoms with Crippen molar-refractivity contribution in [2.24, 2.45) is 5.73 Å². The molecule has 156 valence electrons. The number of aromatic nitrogens is 2. The van der Waals surface area contributed by atoms with Gasteiger partial charge in [-0.2, -0.15) is 0 Å². The van der Waals surface area contributed by atoms with Crippen LogP contribution in [-0.2, 0) is 22.4 Å². The van der Waals surface area contributed by atoms with Gasteiger partial charge in [-0.1, -0.05) is 23.1 Å². The molecule has 1 aliphatic carbocycles. The Bertz CT molecular complexity index is 907. The van der Waals surface area contributed by atoms with Crippen LogP contribution in [0.2, 0.25) is 0 Å².